The zero-order chi connectivity index (χ0) is 11.4. The van der Waals surface area contributed by atoms with Gasteiger partial charge in [-0.15, -0.1) is 0 Å². The maximum atomic E-state index is 3.12. The average molecular weight is 202 g/mol. The van der Waals surface area contributed by atoms with Gasteiger partial charge in [-0.1, -0.05) is 34.1 Å². The van der Waals surface area contributed by atoms with Crippen molar-refractivity contribution in [2.75, 3.05) is 27.2 Å². The largest absolute Gasteiger partial charge is 0.320 e. The van der Waals surface area contributed by atoms with Crippen LogP contribution in [0, 0.1) is 11.8 Å². The quantitative estimate of drug-likeness (QED) is 0.691. The molecule has 0 heterocycles. The molecule has 0 aromatic heterocycles. The smallest absolute Gasteiger partial charge is 0.00263 e. The number of hydrogen-bond donors (Lipinski definition) is 2. The van der Waals surface area contributed by atoms with Gasteiger partial charge in [0.05, 0.1) is 0 Å². The van der Waals surface area contributed by atoms with E-state index in [0.29, 0.717) is 0 Å². The first-order chi connectivity index (χ1) is 6.58. The van der Waals surface area contributed by atoms with Crippen LogP contribution >= 0.6 is 0 Å². The first-order valence-corrected chi connectivity index (χ1v) is 5.87. The summed E-state index contributed by atoms with van der Waals surface area (Å²) >= 11 is 0. The van der Waals surface area contributed by atoms with E-state index >= 15 is 0 Å². The first-order valence-electron chi connectivity index (χ1n) is 5.87. The molecule has 0 amide bonds. The fraction of sp³-hybridized carbons (Fsp3) is 1.00. The van der Waals surface area contributed by atoms with E-state index in [-0.39, 0.29) is 0 Å². The molecular formula is C12H30N2. The second-order valence-electron chi connectivity index (χ2n) is 4.36. The van der Waals surface area contributed by atoms with E-state index in [9.17, 15) is 0 Å². The number of rotatable bonds is 6. The van der Waals surface area contributed by atoms with Crippen molar-refractivity contribution in [1.82, 2.24) is 10.6 Å². The van der Waals surface area contributed by atoms with Crippen molar-refractivity contribution >= 4 is 0 Å². The lowest BCUT2D eigenvalue weighted by atomic mass is 10.1. The zero-order valence-electron chi connectivity index (χ0n) is 11.0. The van der Waals surface area contributed by atoms with Crippen molar-refractivity contribution in [3.63, 3.8) is 0 Å². The number of hydrogen-bond acceptors (Lipinski definition) is 2. The van der Waals surface area contributed by atoms with Crippen molar-refractivity contribution in [1.29, 1.82) is 0 Å². The molecule has 0 saturated heterocycles. The Bertz CT molecular complexity index is 92.3. The Labute approximate surface area is 90.9 Å². The van der Waals surface area contributed by atoms with Gasteiger partial charge in [0.15, 0.2) is 0 Å². The molecule has 0 bridgehead atoms. The third kappa shape index (κ3) is 17.9. The van der Waals surface area contributed by atoms with Crippen LogP contribution in [0.1, 0.15) is 40.5 Å². The molecule has 0 spiro atoms. The molecule has 88 valence electrons. The molecule has 0 radical (unpaired) electrons. The summed E-state index contributed by atoms with van der Waals surface area (Å²) in [7, 11) is 3.98. The molecular weight excluding hydrogens is 172 g/mol. The van der Waals surface area contributed by atoms with Crippen LogP contribution in [-0.4, -0.2) is 27.2 Å². The van der Waals surface area contributed by atoms with Gasteiger partial charge in [-0.25, -0.2) is 0 Å². The lowest BCUT2D eigenvalue weighted by molar-refractivity contribution is 0.528. The minimum atomic E-state index is 0.838. The summed E-state index contributed by atoms with van der Waals surface area (Å²) < 4.78 is 0. The molecule has 0 aromatic carbocycles. The molecule has 0 fully saturated rings. The summed E-state index contributed by atoms with van der Waals surface area (Å²) in [4.78, 5) is 0. The second-order valence-corrected chi connectivity index (χ2v) is 4.36. The van der Waals surface area contributed by atoms with E-state index < -0.39 is 0 Å². The molecule has 0 aliphatic carbocycles. The normalized spacial score (nSPS) is 12.2. The van der Waals surface area contributed by atoms with Gasteiger partial charge in [-0.05, 0) is 45.4 Å². The van der Waals surface area contributed by atoms with Crippen LogP contribution in [0.3, 0.4) is 0 Å². The zero-order valence-corrected chi connectivity index (χ0v) is 11.0. The van der Waals surface area contributed by atoms with Gasteiger partial charge in [-0.2, -0.15) is 0 Å². The molecule has 0 aliphatic rings. The maximum Gasteiger partial charge on any atom is -0.00263 e. The van der Waals surface area contributed by atoms with Gasteiger partial charge in [0.2, 0.25) is 0 Å². The Morgan fingerprint density at radius 2 is 1.57 bits per heavy atom. The van der Waals surface area contributed by atoms with Gasteiger partial charge < -0.3 is 10.6 Å². The van der Waals surface area contributed by atoms with E-state index in [0.717, 1.165) is 24.9 Å². The van der Waals surface area contributed by atoms with Crippen LogP contribution in [0.15, 0.2) is 0 Å². The highest BCUT2D eigenvalue weighted by Crippen LogP contribution is 1.95. The molecule has 0 aromatic rings. The van der Waals surface area contributed by atoms with E-state index in [1.165, 1.54) is 12.8 Å². The third-order valence-electron chi connectivity index (χ3n) is 2.22. The molecule has 1 atom stereocenters. The van der Waals surface area contributed by atoms with Gasteiger partial charge in [-0.3, -0.25) is 0 Å². The van der Waals surface area contributed by atoms with Gasteiger partial charge in [0.1, 0.15) is 0 Å². The van der Waals surface area contributed by atoms with Crippen molar-refractivity contribution < 1.29 is 0 Å². The second kappa shape index (κ2) is 12.9. The SMILES string of the molecule is CCC(C)CNC.CNCCC(C)C. The Balaban J connectivity index is 0. The lowest BCUT2D eigenvalue weighted by Gasteiger charge is -2.04. The minimum Gasteiger partial charge on any atom is -0.320 e. The summed E-state index contributed by atoms with van der Waals surface area (Å²) in [6.07, 6.45) is 2.57. The van der Waals surface area contributed by atoms with Crippen LogP contribution < -0.4 is 10.6 Å². The molecule has 2 N–H and O–H groups in total. The highest BCUT2D eigenvalue weighted by molar-refractivity contribution is 4.49. The molecule has 14 heavy (non-hydrogen) atoms. The van der Waals surface area contributed by atoms with Gasteiger partial charge in [0, 0.05) is 0 Å². The van der Waals surface area contributed by atoms with Crippen LogP contribution in [0.4, 0.5) is 0 Å². The van der Waals surface area contributed by atoms with E-state index in [4.69, 9.17) is 0 Å². The van der Waals surface area contributed by atoms with Crippen LogP contribution in [0.25, 0.3) is 0 Å². The standard InChI is InChI=1S/2C6H15N/c1-6(2)4-5-7-3;1-4-6(2)5-7-3/h2*6-7H,4-5H2,1-3H3. The minimum absolute atomic E-state index is 0.838. The molecule has 1 unspecified atom stereocenters. The Morgan fingerprint density at radius 1 is 1.00 bits per heavy atom. The van der Waals surface area contributed by atoms with Crippen LogP contribution in [0.5, 0.6) is 0 Å². The monoisotopic (exact) mass is 202 g/mol. The fourth-order valence-corrected chi connectivity index (χ4v) is 0.926. The Morgan fingerprint density at radius 3 is 1.71 bits per heavy atom. The van der Waals surface area contributed by atoms with Crippen molar-refractivity contribution in [2.45, 2.75) is 40.5 Å². The van der Waals surface area contributed by atoms with Crippen molar-refractivity contribution in [3.8, 4) is 0 Å². The number of nitrogens with one attached hydrogen (secondary N) is 2. The maximum absolute atomic E-state index is 3.12. The van der Waals surface area contributed by atoms with E-state index in [1.807, 2.05) is 14.1 Å². The van der Waals surface area contributed by atoms with E-state index in [2.05, 4.69) is 38.3 Å². The summed E-state index contributed by atoms with van der Waals surface area (Å²) in [5.74, 6) is 1.68. The molecule has 0 rings (SSSR count). The molecule has 0 aliphatic heterocycles. The van der Waals surface area contributed by atoms with Gasteiger partial charge in [0.25, 0.3) is 0 Å². The third-order valence-corrected chi connectivity index (χ3v) is 2.22. The average Bonchev–Trinajstić information content (AvgIpc) is 2.16. The van der Waals surface area contributed by atoms with Crippen molar-refractivity contribution in [3.05, 3.63) is 0 Å². The molecule has 2 heteroatoms. The summed E-state index contributed by atoms with van der Waals surface area (Å²) in [6.45, 7) is 11.2. The molecule has 0 saturated carbocycles. The summed E-state index contributed by atoms with van der Waals surface area (Å²) in [6, 6.07) is 0. The highest BCUT2D eigenvalue weighted by Gasteiger charge is 1.92. The predicted molar refractivity (Wildman–Crippen MR) is 66.8 cm³/mol. The van der Waals surface area contributed by atoms with E-state index in [1.54, 1.807) is 0 Å². The highest BCUT2D eigenvalue weighted by atomic mass is 14.8. The summed E-state index contributed by atoms with van der Waals surface area (Å²) in [5, 5.41) is 6.22. The Kier molecular flexibility index (Phi) is 15.1. The van der Waals surface area contributed by atoms with Crippen LogP contribution in [-0.2, 0) is 0 Å². The lowest BCUT2D eigenvalue weighted by Crippen LogP contribution is -2.14. The predicted octanol–water partition coefficient (Wildman–Crippen LogP) is 2.50. The Hall–Kier alpha value is -0.0800. The van der Waals surface area contributed by atoms with Crippen LogP contribution in [0.2, 0.25) is 0 Å². The van der Waals surface area contributed by atoms with Crippen molar-refractivity contribution in [2.24, 2.45) is 11.8 Å². The topological polar surface area (TPSA) is 24.1 Å². The summed E-state index contributed by atoms with van der Waals surface area (Å²) in [5.41, 5.74) is 0. The molecule has 2 nitrogen and oxygen atoms in total. The first kappa shape index (κ1) is 16.4. The van der Waals surface area contributed by atoms with Gasteiger partial charge >= 0.3 is 0 Å². The fourth-order valence-electron chi connectivity index (χ4n) is 0.926.